The molecule has 0 N–H and O–H groups in total. The number of nitrogens with zero attached hydrogens (tertiary/aromatic N) is 2. The highest BCUT2D eigenvalue weighted by atomic mass is 19.4. The van der Waals surface area contributed by atoms with Crippen LogP contribution in [-0.2, 0) is 19.1 Å². The predicted octanol–water partition coefficient (Wildman–Crippen LogP) is 3.64. The predicted molar refractivity (Wildman–Crippen MR) is 59.8 cm³/mol. The number of aromatic nitrogens is 2. The molecule has 0 aliphatic rings. The van der Waals surface area contributed by atoms with Gasteiger partial charge in [0.15, 0.2) is 0 Å². The maximum atomic E-state index is 12.6. The van der Waals surface area contributed by atoms with Crippen LogP contribution in [0.2, 0.25) is 0 Å². The van der Waals surface area contributed by atoms with Gasteiger partial charge in [-0.1, -0.05) is 6.92 Å². The van der Waals surface area contributed by atoms with Crippen LogP contribution in [0.3, 0.4) is 0 Å². The Labute approximate surface area is 97.1 Å². The third-order valence-corrected chi connectivity index (χ3v) is 2.81. The van der Waals surface area contributed by atoms with Crippen molar-refractivity contribution >= 4 is 11.0 Å². The first-order chi connectivity index (χ1) is 7.97. The number of rotatable bonds is 2. The van der Waals surface area contributed by atoms with Crippen molar-refractivity contribution in [3.8, 4) is 0 Å². The van der Waals surface area contributed by atoms with Crippen LogP contribution in [0.5, 0.6) is 0 Å². The molecule has 0 bridgehead atoms. The van der Waals surface area contributed by atoms with E-state index >= 15 is 0 Å². The van der Waals surface area contributed by atoms with E-state index in [1.165, 1.54) is 6.07 Å². The fourth-order valence-electron chi connectivity index (χ4n) is 1.92. The van der Waals surface area contributed by atoms with Crippen molar-refractivity contribution in [3.63, 3.8) is 0 Å². The summed E-state index contributed by atoms with van der Waals surface area (Å²) in [7, 11) is 0. The summed E-state index contributed by atoms with van der Waals surface area (Å²) in [5, 5.41) is 0. The van der Waals surface area contributed by atoms with Crippen molar-refractivity contribution in [1.82, 2.24) is 9.55 Å². The smallest absolute Gasteiger partial charge is 0.346 e. The summed E-state index contributed by atoms with van der Waals surface area (Å²) in [4.78, 5) is 3.74. The Balaban J connectivity index is 2.68. The van der Waals surface area contributed by atoms with Gasteiger partial charge in [0.1, 0.15) is 5.69 Å². The van der Waals surface area contributed by atoms with Crippen LogP contribution in [0.15, 0.2) is 18.3 Å². The fourth-order valence-corrected chi connectivity index (χ4v) is 1.92. The molecule has 2 nitrogen and oxygen atoms in total. The lowest BCUT2D eigenvalue weighted by molar-refractivity contribution is -0.140. The van der Waals surface area contributed by atoms with E-state index in [0.717, 1.165) is 23.7 Å². The zero-order chi connectivity index (χ0) is 12.6. The van der Waals surface area contributed by atoms with Crippen LogP contribution >= 0.6 is 0 Å². The van der Waals surface area contributed by atoms with Crippen LogP contribution in [-0.4, -0.2) is 9.55 Å². The summed E-state index contributed by atoms with van der Waals surface area (Å²) in [6.07, 6.45) is -1.83. The summed E-state index contributed by atoms with van der Waals surface area (Å²) in [5.74, 6) is 0. The van der Waals surface area contributed by atoms with Gasteiger partial charge in [0.25, 0.3) is 0 Å². The SMILES string of the molecule is CCc1cn(CC)c2ccc(C(F)(F)F)nc12. The number of halogens is 3. The molecule has 0 radical (unpaired) electrons. The lowest BCUT2D eigenvalue weighted by Gasteiger charge is -2.06. The van der Waals surface area contributed by atoms with Crippen molar-refractivity contribution < 1.29 is 13.2 Å². The average molecular weight is 242 g/mol. The van der Waals surface area contributed by atoms with Crippen molar-refractivity contribution in [1.29, 1.82) is 0 Å². The summed E-state index contributed by atoms with van der Waals surface area (Å²) in [6.45, 7) is 4.59. The third-order valence-electron chi connectivity index (χ3n) is 2.81. The normalized spacial score (nSPS) is 12.3. The Morgan fingerprint density at radius 1 is 1.24 bits per heavy atom. The molecule has 0 atom stereocenters. The van der Waals surface area contributed by atoms with E-state index < -0.39 is 11.9 Å². The molecule has 2 rings (SSSR count). The molecule has 0 aliphatic heterocycles. The van der Waals surface area contributed by atoms with E-state index in [1.54, 1.807) is 0 Å². The maximum Gasteiger partial charge on any atom is 0.433 e. The zero-order valence-electron chi connectivity index (χ0n) is 9.67. The molecular formula is C12H13F3N2. The van der Waals surface area contributed by atoms with Crippen LogP contribution in [0.4, 0.5) is 13.2 Å². The molecule has 17 heavy (non-hydrogen) atoms. The number of alkyl halides is 3. The molecule has 5 heteroatoms. The second kappa shape index (κ2) is 4.05. The monoisotopic (exact) mass is 242 g/mol. The molecule has 2 aromatic heterocycles. The van der Waals surface area contributed by atoms with Crippen LogP contribution in [0.1, 0.15) is 25.1 Å². The Bertz CT molecular complexity index is 540. The van der Waals surface area contributed by atoms with E-state index in [0.29, 0.717) is 11.9 Å². The van der Waals surface area contributed by atoms with Gasteiger partial charge in [-0.05, 0) is 31.0 Å². The summed E-state index contributed by atoms with van der Waals surface area (Å²) >= 11 is 0. The summed E-state index contributed by atoms with van der Waals surface area (Å²) in [6, 6.07) is 2.53. The van der Waals surface area contributed by atoms with Crippen molar-refractivity contribution in [2.45, 2.75) is 33.0 Å². The molecule has 0 saturated heterocycles. The fraction of sp³-hybridized carbons (Fsp3) is 0.417. The van der Waals surface area contributed by atoms with Gasteiger partial charge in [0, 0.05) is 12.7 Å². The molecular weight excluding hydrogens is 229 g/mol. The topological polar surface area (TPSA) is 17.8 Å². The Hall–Kier alpha value is -1.52. The molecule has 0 aromatic carbocycles. The first kappa shape index (κ1) is 12.0. The highest BCUT2D eigenvalue weighted by molar-refractivity contribution is 5.80. The van der Waals surface area contributed by atoms with Gasteiger partial charge >= 0.3 is 6.18 Å². The minimum atomic E-state index is -4.38. The van der Waals surface area contributed by atoms with Crippen molar-refractivity contribution in [2.24, 2.45) is 0 Å². The van der Waals surface area contributed by atoms with Gasteiger partial charge in [-0.3, -0.25) is 0 Å². The van der Waals surface area contributed by atoms with E-state index in [9.17, 15) is 13.2 Å². The highest BCUT2D eigenvalue weighted by Gasteiger charge is 2.32. The number of fused-ring (bicyclic) bond motifs is 1. The van der Waals surface area contributed by atoms with Crippen molar-refractivity contribution in [2.75, 3.05) is 0 Å². The lowest BCUT2D eigenvalue weighted by Crippen LogP contribution is -2.07. The second-order valence-electron chi connectivity index (χ2n) is 3.86. The first-order valence-electron chi connectivity index (χ1n) is 5.53. The van der Waals surface area contributed by atoms with Gasteiger partial charge < -0.3 is 4.57 Å². The Kier molecular flexibility index (Phi) is 2.85. The lowest BCUT2D eigenvalue weighted by atomic mass is 10.2. The average Bonchev–Trinajstić information content (AvgIpc) is 2.64. The van der Waals surface area contributed by atoms with Gasteiger partial charge in [-0.25, -0.2) is 4.98 Å². The van der Waals surface area contributed by atoms with E-state index in [2.05, 4.69) is 4.98 Å². The molecule has 2 aromatic rings. The van der Waals surface area contributed by atoms with Crippen LogP contribution in [0.25, 0.3) is 11.0 Å². The number of hydrogen-bond donors (Lipinski definition) is 0. The number of aryl methyl sites for hydroxylation is 2. The van der Waals surface area contributed by atoms with Crippen molar-refractivity contribution in [3.05, 3.63) is 29.6 Å². The molecule has 0 spiro atoms. The number of hydrogen-bond acceptors (Lipinski definition) is 1. The summed E-state index contributed by atoms with van der Waals surface area (Å²) in [5.41, 5.74) is 1.25. The van der Waals surface area contributed by atoms with E-state index in [-0.39, 0.29) is 0 Å². The molecule has 0 fully saturated rings. The van der Waals surface area contributed by atoms with Gasteiger partial charge in [-0.2, -0.15) is 13.2 Å². The zero-order valence-corrected chi connectivity index (χ0v) is 9.67. The standard InChI is InChI=1S/C12H13F3N2/c1-3-8-7-17(4-2)9-5-6-10(12(13,14)15)16-11(8)9/h5-7H,3-4H2,1-2H3. The molecule has 0 saturated carbocycles. The van der Waals surface area contributed by atoms with Gasteiger partial charge in [0.05, 0.1) is 11.0 Å². The van der Waals surface area contributed by atoms with Gasteiger partial charge in [0.2, 0.25) is 0 Å². The first-order valence-corrected chi connectivity index (χ1v) is 5.53. The molecule has 0 unspecified atom stereocenters. The van der Waals surface area contributed by atoms with Crippen LogP contribution < -0.4 is 0 Å². The third kappa shape index (κ3) is 2.01. The second-order valence-corrected chi connectivity index (χ2v) is 3.86. The largest absolute Gasteiger partial charge is 0.433 e. The highest BCUT2D eigenvalue weighted by Crippen LogP contribution is 2.30. The number of pyridine rings is 1. The molecule has 92 valence electrons. The minimum absolute atomic E-state index is 0.462. The quantitative estimate of drug-likeness (QED) is 0.786. The van der Waals surface area contributed by atoms with Gasteiger partial charge in [-0.15, -0.1) is 0 Å². The molecule has 0 aliphatic carbocycles. The Morgan fingerprint density at radius 2 is 1.94 bits per heavy atom. The summed E-state index contributed by atoms with van der Waals surface area (Å²) < 4.78 is 39.6. The van der Waals surface area contributed by atoms with E-state index in [1.807, 2.05) is 24.6 Å². The molecule has 2 heterocycles. The minimum Gasteiger partial charge on any atom is -0.346 e. The van der Waals surface area contributed by atoms with Crippen LogP contribution in [0, 0.1) is 0 Å². The van der Waals surface area contributed by atoms with E-state index in [4.69, 9.17) is 0 Å². The molecule has 0 amide bonds. The Morgan fingerprint density at radius 3 is 2.47 bits per heavy atom. The maximum absolute atomic E-state index is 12.6.